The van der Waals surface area contributed by atoms with Crippen LogP contribution in [0.2, 0.25) is 5.02 Å². The molecule has 4 rings (SSSR count). The Labute approximate surface area is 161 Å². The van der Waals surface area contributed by atoms with Crippen LogP contribution >= 0.6 is 34.7 Å². The molecule has 2 aromatic rings. The summed E-state index contributed by atoms with van der Waals surface area (Å²) in [5.41, 5.74) is 4.82. The minimum absolute atomic E-state index is 0.0410. The van der Waals surface area contributed by atoms with Crippen molar-refractivity contribution in [1.29, 1.82) is 0 Å². The molecule has 0 bridgehead atoms. The first-order valence-electron chi connectivity index (χ1n) is 8.56. The zero-order valence-electron chi connectivity index (χ0n) is 14.3. The molecule has 1 amide bonds. The highest BCUT2D eigenvalue weighted by molar-refractivity contribution is 8.03. The summed E-state index contributed by atoms with van der Waals surface area (Å²) in [6, 6.07) is 5.57. The molecule has 1 aliphatic carbocycles. The maximum atomic E-state index is 12.7. The number of thiophene rings is 1. The van der Waals surface area contributed by atoms with Gasteiger partial charge in [0.25, 0.3) is 5.91 Å². The molecule has 0 radical (unpaired) electrons. The molecule has 1 atom stereocenters. The summed E-state index contributed by atoms with van der Waals surface area (Å²) in [6.07, 6.45) is 5.74. The van der Waals surface area contributed by atoms with Crippen LogP contribution in [0.1, 0.15) is 39.8 Å². The lowest BCUT2D eigenvalue weighted by atomic mass is 9.88. The highest BCUT2D eigenvalue weighted by Crippen LogP contribution is 2.43. The third-order valence-electron chi connectivity index (χ3n) is 4.96. The van der Waals surface area contributed by atoms with Crippen molar-refractivity contribution in [3.05, 3.63) is 54.6 Å². The van der Waals surface area contributed by atoms with Crippen molar-refractivity contribution in [1.82, 2.24) is 0 Å². The molecule has 0 unspecified atom stereocenters. The Morgan fingerprint density at radius 2 is 2.16 bits per heavy atom. The normalized spacial score (nSPS) is 19.0. The summed E-state index contributed by atoms with van der Waals surface area (Å²) in [7, 11) is 0. The van der Waals surface area contributed by atoms with E-state index in [0.717, 1.165) is 27.8 Å². The summed E-state index contributed by atoms with van der Waals surface area (Å²) < 4.78 is 0. The minimum Gasteiger partial charge on any atom is -0.321 e. The van der Waals surface area contributed by atoms with Crippen LogP contribution in [0, 0.1) is 12.8 Å². The van der Waals surface area contributed by atoms with Crippen molar-refractivity contribution < 1.29 is 4.79 Å². The maximum absolute atomic E-state index is 12.7. The molecule has 2 aliphatic rings. The monoisotopic (exact) mass is 389 g/mol. The van der Waals surface area contributed by atoms with Crippen molar-refractivity contribution in [3.63, 3.8) is 0 Å². The Hall–Kier alpha value is -1.23. The van der Waals surface area contributed by atoms with Crippen molar-refractivity contribution in [2.75, 3.05) is 5.32 Å². The smallest absolute Gasteiger partial charge is 0.262 e. The van der Waals surface area contributed by atoms with E-state index in [1.54, 1.807) is 23.4 Å². The fraction of sp³-hybridized carbons (Fsp3) is 0.350. The van der Waals surface area contributed by atoms with Gasteiger partial charge in [-0.15, -0.1) is 23.1 Å². The Bertz CT molecular complexity index is 884. The molecule has 0 saturated carbocycles. The molecule has 2 nitrogen and oxygen atoms in total. The average Bonchev–Trinajstić information content (AvgIpc) is 2.94. The Balaban J connectivity index is 1.59. The standard InChI is InChI=1S/C20H20ClNOS2/c1-11-3-6-14-15-10-24-19(9-18(15)25-17(14)7-11)20(23)22-16-8-13(21)5-4-12(16)2/h4-5,8-9,11H,3,6-7,10H2,1-2H3,(H,22,23)/t11-/m0/s1. The first-order valence-corrected chi connectivity index (χ1v) is 10.7. The third kappa shape index (κ3) is 3.40. The quantitative estimate of drug-likeness (QED) is 0.676. The van der Waals surface area contributed by atoms with E-state index in [2.05, 4.69) is 18.3 Å². The molecular formula is C20H20ClNOS2. The highest BCUT2D eigenvalue weighted by atomic mass is 35.5. The zero-order valence-corrected chi connectivity index (χ0v) is 16.7. The maximum Gasteiger partial charge on any atom is 0.262 e. The highest BCUT2D eigenvalue weighted by Gasteiger charge is 2.27. The molecule has 25 heavy (non-hydrogen) atoms. The first-order chi connectivity index (χ1) is 12.0. The number of fused-ring (bicyclic) bond motifs is 3. The van der Waals surface area contributed by atoms with Crippen LogP contribution in [0.3, 0.4) is 0 Å². The number of benzene rings is 1. The van der Waals surface area contributed by atoms with Gasteiger partial charge in [-0.3, -0.25) is 4.79 Å². The van der Waals surface area contributed by atoms with Crippen molar-refractivity contribution in [2.24, 2.45) is 5.92 Å². The fourth-order valence-corrected chi connectivity index (χ4v) is 6.29. The fourth-order valence-electron chi connectivity index (χ4n) is 3.47. The van der Waals surface area contributed by atoms with Crippen molar-refractivity contribution in [2.45, 2.75) is 38.9 Å². The number of aryl methyl sites for hydroxylation is 1. The van der Waals surface area contributed by atoms with E-state index in [0.29, 0.717) is 5.02 Å². The van der Waals surface area contributed by atoms with E-state index < -0.39 is 0 Å². The number of halogens is 1. The van der Waals surface area contributed by atoms with E-state index >= 15 is 0 Å². The SMILES string of the molecule is Cc1ccc(Cl)cc1NC(=O)C1=Cc2sc3c(c2CS1)CC[C@H](C)C3. The lowest BCUT2D eigenvalue weighted by molar-refractivity contribution is -0.112. The van der Waals surface area contributed by atoms with Gasteiger partial charge >= 0.3 is 0 Å². The topological polar surface area (TPSA) is 29.1 Å². The lowest BCUT2D eigenvalue weighted by Gasteiger charge is -2.20. The molecular weight excluding hydrogens is 370 g/mol. The van der Waals surface area contributed by atoms with Gasteiger partial charge in [0.1, 0.15) is 0 Å². The van der Waals surface area contributed by atoms with Crippen LogP contribution in [0.5, 0.6) is 0 Å². The molecule has 1 aromatic carbocycles. The van der Waals surface area contributed by atoms with E-state index in [4.69, 9.17) is 11.6 Å². The molecule has 0 saturated heterocycles. The van der Waals surface area contributed by atoms with E-state index in [9.17, 15) is 4.79 Å². The van der Waals surface area contributed by atoms with Crippen LogP contribution in [-0.2, 0) is 23.4 Å². The van der Waals surface area contributed by atoms with Gasteiger partial charge in [0.2, 0.25) is 0 Å². The summed E-state index contributed by atoms with van der Waals surface area (Å²) in [5, 5.41) is 3.65. The van der Waals surface area contributed by atoms with Crippen molar-refractivity contribution >= 4 is 52.4 Å². The van der Waals surface area contributed by atoms with Crippen LogP contribution in [0.25, 0.3) is 6.08 Å². The first kappa shape index (κ1) is 17.2. The lowest BCUT2D eigenvalue weighted by Crippen LogP contribution is -2.15. The predicted octanol–water partition coefficient (Wildman–Crippen LogP) is 6.06. The number of anilines is 1. The molecule has 1 N–H and O–H groups in total. The van der Waals surface area contributed by atoms with Crippen molar-refractivity contribution in [3.8, 4) is 0 Å². The molecule has 0 fully saturated rings. The second-order valence-electron chi connectivity index (χ2n) is 6.91. The third-order valence-corrected chi connectivity index (χ3v) is 7.48. The Morgan fingerprint density at radius 3 is 3.00 bits per heavy atom. The van der Waals surface area contributed by atoms with Gasteiger partial charge in [0.05, 0.1) is 4.91 Å². The number of rotatable bonds is 2. The number of hydrogen-bond donors (Lipinski definition) is 1. The molecule has 1 aromatic heterocycles. The second-order valence-corrected chi connectivity index (χ2v) is 9.50. The van der Waals surface area contributed by atoms with Gasteiger partial charge < -0.3 is 5.32 Å². The molecule has 5 heteroatoms. The van der Waals surface area contributed by atoms with Crippen LogP contribution in [0.15, 0.2) is 23.1 Å². The van der Waals surface area contributed by atoms with E-state index in [1.165, 1.54) is 34.6 Å². The van der Waals surface area contributed by atoms with Gasteiger partial charge in [-0.1, -0.05) is 24.6 Å². The average molecular weight is 390 g/mol. The molecule has 130 valence electrons. The zero-order chi connectivity index (χ0) is 17.6. The molecule has 1 aliphatic heterocycles. The van der Waals surface area contributed by atoms with E-state index in [-0.39, 0.29) is 5.91 Å². The van der Waals surface area contributed by atoms with Gasteiger partial charge in [-0.25, -0.2) is 0 Å². The second kappa shape index (κ2) is 6.82. The van der Waals surface area contributed by atoms with Gasteiger partial charge in [0, 0.05) is 26.2 Å². The number of nitrogens with one attached hydrogen (secondary N) is 1. The Kier molecular flexibility index (Phi) is 4.69. The number of amides is 1. The predicted molar refractivity (Wildman–Crippen MR) is 110 cm³/mol. The number of carbonyl (C=O) groups excluding carboxylic acids is 1. The largest absolute Gasteiger partial charge is 0.321 e. The number of thioether (sulfide) groups is 1. The minimum atomic E-state index is -0.0410. The van der Waals surface area contributed by atoms with Crippen LogP contribution in [-0.4, -0.2) is 5.91 Å². The Morgan fingerprint density at radius 1 is 1.32 bits per heavy atom. The summed E-state index contributed by atoms with van der Waals surface area (Å²) in [5.74, 6) is 1.64. The van der Waals surface area contributed by atoms with Gasteiger partial charge in [-0.05, 0) is 67.0 Å². The molecule has 0 spiro atoms. The van der Waals surface area contributed by atoms with E-state index in [1.807, 2.05) is 30.4 Å². The number of carbonyl (C=O) groups is 1. The molecule has 2 heterocycles. The van der Waals surface area contributed by atoms with Gasteiger partial charge in [0.15, 0.2) is 0 Å². The van der Waals surface area contributed by atoms with Crippen LogP contribution in [0.4, 0.5) is 5.69 Å². The number of hydrogen-bond acceptors (Lipinski definition) is 3. The van der Waals surface area contributed by atoms with Crippen LogP contribution < -0.4 is 5.32 Å². The summed E-state index contributed by atoms with van der Waals surface area (Å²) in [6.45, 7) is 4.30. The summed E-state index contributed by atoms with van der Waals surface area (Å²) in [4.78, 5) is 16.3. The van der Waals surface area contributed by atoms with Gasteiger partial charge in [-0.2, -0.15) is 0 Å². The summed E-state index contributed by atoms with van der Waals surface area (Å²) >= 11 is 9.58.